The van der Waals surface area contributed by atoms with E-state index in [4.69, 9.17) is 0 Å². The number of anilines is 1. The van der Waals surface area contributed by atoms with Crippen molar-refractivity contribution in [1.82, 2.24) is 14.9 Å². The van der Waals surface area contributed by atoms with Gasteiger partial charge in [-0.05, 0) is 24.7 Å². The van der Waals surface area contributed by atoms with Gasteiger partial charge in [0.1, 0.15) is 6.33 Å². The molecule has 3 rings (SSSR count). The monoisotopic (exact) mass is 426 g/mol. The number of rotatable bonds is 3. The van der Waals surface area contributed by atoms with Crippen LogP contribution in [0.4, 0.5) is 36.8 Å². The van der Waals surface area contributed by atoms with E-state index in [1.54, 1.807) is 0 Å². The highest BCUT2D eigenvalue weighted by Crippen LogP contribution is 2.59. The molecule has 1 aromatic rings. The lowest BCUT2D eigenvalue weighted by molar-refractivity contribution is -0.308. The molecular weight excluding hydrogens is 410 g/mol. The quantitative estimate of drug-likeness (QED) is 0.751. The molecule has 0 aromatic carbocycles. The topological polar surface area (TPSA) is 84.4 Å². The summed E-state index contributed by atoms with van der Waals surface area (Å²) >= 11 is 0. The number of piperidine rings is 1. The van der Waals surface area contributed by atoms with E-state index in [0.29, 0.717) is 12.1 Å². The molecule has 1 saturated carbocycles. The van der Waals surface area contributed by atoms with E-state index in [9.17, 15) is 35.9 Å². The molecule has 1 aromatic heterocycles. The Bertz CT molecular complexity index is 748. The van der Waals surface area contributed by atoms with Gasteiger partial charge in [-0.1, -0.05) is 0 Å². The molecule has 1 N–H and O–H groups in total. The van der Waals surface area contributed by atoms with Crippen LogP contribution in [0.2, 0.25) is 0 Å². The number of hydrogen-bond acceptors (Lipinski definition) is 5. The summed E-state index contributed by atoms with van der Waals surface area (Å²) in [5.41, 5.74) is -0.0184. The summed E-state index contributed by atoms with van der Waals surface area (Å²) in [7, 11) is 0. The fraction of sp³-hybridized carbons (Fsp3) is 0.625. The first-order valence-electron chi connectivity index (χ1n) is 8.57. The fourth-order valence-electron chi connectivity index (χ4n) is 3.49. The number of nitrogens with one attached hydrogen (secondary N) is 1. The minimum Gasteiger partial charge on any atom is -0.426 e. The predicted octanol–water partition coefficient (Wildman–Crippen LogP) is 3.15. The van der Waals surface area contributed by atoms with Crippen molar-refractivity contribution in [3.05, 3.63) is 18.7 Å². The second-order valence-electron chi connectivity index (χ2n) is 7.07. The van der Waals surface area contributed by atoms with Crippen molar-refractivity contribution in [2.45, 2.75) is 37.7 Å². The van der Waals surface area contributed by atoms with E-state index >= 15 is 0 Å². The third-order valence-electron chi connectivity index (χ3n) is 5.17. The minimum atomic E-state index is -5.76. The Kier molecular flexibility index (Phi) is 5.34. The van der Waals surface area contributed by atoms with Gasteiger partial charge in [0.05, 0.1) is 18.1 Å². The molecule has 1 atom stereocenters. The predicted molar refractivity (Wildman–Crippen MR) is 84.4 cm³/mol. The maximum atomic E-state index is 12.5. The summed E-state index contributed by atoms with van der Waals surface area (Å²) in [5.74, 6) is -0.635. The van der Waals surface area contributed by atoms with Crippen LogP contribution < -0.4 is 5.32 Å². The summed E-state index contributed by atoms with van der Waals surface area (Å²) in [6.45, 7) is -0.195. The first-order valence-corrected chi connectivity index (χ1v) is 8.57. The van der Waals surface area contributed by atoms with Gasteiger partial charge < -0.3 is 15.0 Å². The lowest BCUT2D eigenvalue weighted by atomic mass is 9.91. The van der Waals surface area contributed by atoms with Gasteiger partial charge in [-0.3, -0.25) is 4.79 Å². The van der Waals surface area contributed by atoms with Crippen molar-refractivity contribution in [3.63, 3.8) is 0 Å². The zero-order valence-electron chi connectivity index (χ0n) is 14.8. The molecule has 1 saturated heterocycles. The fourth-order valence-corrected chi connectivity index (χ4v) is 3.49. The highest BCUT2D eigenvalue weighted by molar-refractivity contribution is 5.94. The van der Waals surface area contributed by atoms with Crippen LogP contribution in [0.3, 0.4) is 0 Å². The number of ether oxygens (including phenoxy) is 1. The van der Waals surface area contributed by atoms with Crippen LogP contribution >= 0.6 is 0 Å². The summed E-state index contributed by atoms with van der Waals surface area (Å²) in [6, 6.07) is 0. The Morgan fingerprint density at radius 1 is 1.10 bits per heavy atom. The third kappa shape index (κ3) is 4.70. The van der Waals surface area contributed by atoms with Gasteiger partial charge in [-0.15, -0.1) is 0 Å². The molecule has 29 heavy (non-hydrogen) atoms. The summed E-state index contributed by atoms with van der Waals surface area (Å²) in [6.07, 6.45) is -12.2. The Labute approximate surface area is 160 Å². The average Bonchev–Trinajstić information content (AvgIpc) is 3.32. The lowest BCUT2D eigenvalue weighted by Gasteiger charge is -2.33. The Hall–Kier alpha value is -2.60. The van der Waals surface area contributed by atoms with Crippen molar-refractivity contribution in [2.24, 2.45) is 11.3 Å². The number of carbonyl (C=O) groups is 2. The van der Waals surface area contributed by atoms with Gasteiger partial charge in [0.15, 0.2) is 0 Å². The molecule has 160 valence electrons. The zero-order chi connectivity index (χ0) is 21.4. The number of hydrogen-bond donors (Lipinski definition) is 1. The van der Waals surface area contributed by atoms with Gasteiger partial charge in [0.2, 0.25) is 5.91 Å². The maximum Gasteiger partial charge on any atom is 0.434 e. The first kappa shape index (κ1) is 21.1. The lowest BCUT2D eigenvalue weighted by Crippen LogP contribution is -2.49. The van der Waals surface area contributed by atoms with E-state index in [1.807, 2.05) is 0 Å². The van der Waals surface area contributed by atoms with Crippen LogP contribution in [0.5, 0.6) is 0 Å². The smallest absolute Gasteiger partial charge is 0.426 e. The largest absolute Gasteiger partial charge is 0.434 e. The number of halogens is 6. The van der Waals surface area contributed by atoms with Crippen LogP contribution in [0.15, 0.2) is 18.7 Å². The molecule has 7 nitrogen and oxygen atoms in total. The number of nitrogens with zero attached hydrogens (tertiary/aromatic N) is 3. The molecular formula is C16H16F6N4O3. The van der Waals surface area contributed by atoms with Gasteiger partial charge >= 0.3 is 18.4 Å². The average molecular weight is 426 g/mol. The summed E-state index contributed by atoms with van der Waals surface area (Å²) in [4.78, 5) is 32.4. The van der Waals surface area contributed by atoms with Crippen molar-refractivity contribution in [2.75, 3.05) is 18.4 Å². The number of alkyl halides is 6. The molecule has 1 aliphatic heterocycles. The Morgan fingerprint density at radius 3 is 2.17 bits per heavy atom. The third-order valence-corrected chi connectivity index (χ3v) is 5.17. The number of carbonyl (C=O) groups excluding carboxylic acids is 2. The molecule has 2 aliphatic rings. The normalized spacial score (nSPS) is 21.2. The highest BCUT2D eigenvalue weighted by atomic mass is 19.4. The van der Waals surface area contributed by atoms with Gasteiger partial charge in [0.25, 0.3) is 6.10 Å². The summed E-state index contributed by atoms with van der Waals surface area (Å²) < 4.78 is 78.9. The standard InChI is InChI=1S/C16H16F6N4O3/c17-15(18,19)12(16(20,21)22)29-13(28)26-3-1-14(2-4-26)5-10(14)11(27)25-9-6-23-8-24-7-9/h6-8,10,12H,1-5H2,(H,25,27)/t10-/m1/s1. The van der Waals surface area contributed by atoms with Crippen LogP contribution in [-0.4, -0.2) is 58.4 Å². The van der Waals surface area contributed by atoms with E-state index in [2.05, 4.69) is 20.0 Å². The summed E-state index contributed by atoms with van der Waals surface area (Å²) in [5, 5.41) is 2.65. The zero-order valence-corrected chi connectivity index (χ0v) is 14.8. The number of likely N-dealkylation sites (tertiary alicyclic amines) is 1. The van der Waals surface area contributed by atoms with Crippen LogP contribution in [0, 0.1) is 11.3 Å². The van der Waals surface area contributed by atoms with E-state index < -0.39 is 30.0 Å². The molecule has 2 amide bonds. The minimum absolute atomic E-state index is 0.0977. The van der Waals surface area contributed by atoms with Crippen molar-refractivity contribution < 1.29 is 40.7 Å². The second kappa shape index (κ2) is 7.34. The Morgan fingerprint density at radius 2 is 1.66 bits per heavy atom. The number of amides is 2. The van der Waals surface area contributed by atoms with Gasteiger partial charge in [-0.25, -0.2) is 14.8 Å². The number of aromatic nitrogens is 2. The molecule has 0 radical (unpaired) electrons. The maximum absolute atomic E-state index is 12.5. The van der Waals surface area contributed by atoms with Crippen LogP contribution in [-0.2, 0) is 9.53 Å². The Balaban J connectivity index is 1.53. The van der Waals surface area contributed by atoms with Crippen LogP contribution in [0.1, 0.15) is 19.3 Å². The van der Waals surface area contributed by atoms with E-state index in [0.717, 1.165) is 4.90 Å². The van der Waals surface area contributed by atoms with Crippen molar-refractivity contribution in [1.29, 1.82) is 0 Å². The van der Waals surface area contributed by atoms with Gasteiger partial charge in [0, 0.05) is 19.0 Å². The molecule has 0 unspecified atom stereocenters. The molecule has 2 fully saturated rings. The molecule has 1 aliphatic carbocycles. The molecule has 13 heteroatoms. The molecule has 0 bridgehead atoms. The second-order valence-corrected chi connectivity index (χ2v) is 7.07. The van der Waals surface area contributed by atoms with E-state index in [1.165, 1.54) is 18.7 Å². The van der Waals surface area contributed by atoms with Crippen molar-refractivity contribution >= 4 is 17.7 Å². The first-order chi connectivity index (χ1) is 13.4. The van der Waals surface area contributed by atoms with E-state index in [-0.39, 0.29) is 37.8 Å². The molecule has 2 heterocycles. The van der Waals surface area contributed by atoms with Gasteiger partial charge in [-0.2, -0.15) is 26.3 Å². The highest BCUT2D eigenvalue weighted by Gasteiger charge is 2.61. The SMILES string of the molecule is O=C(Nc1cncnc1)[C@H]1CC12CCN(C(=O)OC(C(F)(F)F)C(F)(F)F)CC2. The molecule has 1 spiro atoms. The van der Waals surface area contributed by atoms with Crippen molar-refractivity contribution in [3.8, 4) is 0 Å². The van der Waals surface area contributed by atoms with Crippen LogP contribution in [0.25, 0.3) is 0 Å².